The van der Waals surface area contributed by atoms with E-state index >= 15 is 0 Å². The Bertz CT molecular complexity index is 1120. The van der Waals surface area contributed by atoms with Gasteiger partial charge < -0.3 is 14.7 Å². The van der Waals surface area contributed by atoms with E-state index in [4.69, 9.17) is 4.98 Å². The number of nitrogens with zero attached hydrogens (tertiary/aromatic N) is 4. The van der Waals surface area contributed by atoms with Crippen LogP contribution in [0.2, 0.25) is 0 Å². The zero-order chi connectivity index (χ0) is 22.1. The Morgan fingerprint density at radius 3 is 2.78 bits per heavy atom. The summed E-state index contributed by atoms with van der Waals surface area (Å²) < 4.78 is 0. The van der Waals surface area contributed by atoms with Gasteiger partial charge in [0.1, 0.15) is 5.82 Å². The maximum atomic E-state index is 13.1. The van der Waals surface area contributed by atoms with Gasteiger partial charge in [-0.1, -0.05) is 18.2 Å². The number of carbonyl (C=O) groups is 1. The van der Waals surface area contributed by atoms with E-state index in [2.05, 4.69) is 71.4 Å². The molecule has 1 aromatic heterocycles. The van der Waals surface area contributed by atoms with Crippen LogP contribution in [0.1, 0.15) is 31.0 Å². The van der Waals surface area contributed by atoms with Crippen LogP contribution in [0.5, 0.6) is 0 Å². The molecule has 5 rings (SSSR count). The van der Waals surface area contributed by atoms with Crippen LogP contribution in [-0.4, -0.2) is 53.8 Å². The molecule has 164 valence electrons. The van der Waals surface area contributed by atoms with Crippen LogP contribution >= 0.6 is 0 Å². The van der Waals surface area contributed by atoms with Crippen molar-refractivity contribution in [3.05, 3.63) is 88.6 Å². The van der Waals surface area contributed by atoms with Crippen LogP contribution in [0.15, 0.2) is 77.3 Å². The molecule has 0 amide bonds. The van der Waals surface area contributed by atoms with Crippen LogP contribution in [0.3, 0.4) is 0 Å². The lowest BCUT2D eigenvalue weighted by Gasteiger charge is -2.22. The minimum absolute atomic E-state index is 0.175. The van der Waals surface area contributed by atoms with Gasteiger partial charge in [0.15, 0.2) is 5.78 Å². The van der Waals surface area contributed by atoms with E-state index in [0.717, 1.165) is 66.5 Å². The molecule has 0 N–H and O–H groups in total. The number of anilines is 1. The van der Waals surface area contributed by atoms with E-state index in [0.29, 0.717) is 12.8 Å². The molecule has 0 unspecified atom stereocenters. The van der Waals surface area contributed by atoms with E-state index in [-0.39, 0.29) is 5.78 Å². The standard InChI is InChI=1S/C27H30N4O/c1-20-7-9-23-6-3-5-22(19-31(23)18-20)24-17-21-8-12-27(28-25(21)10-11-26(24)32)30-14-4-13-29(2)15-16-30/h3,5-9,12,17-19H,4,10-11,13-16H2,1-2H3. The summed E-state index contributed by atoms with van der Waals surface area (Å²) in [6.07, 6.45) is 18.8. The van der Waals surface area contributed by atoms with Crippen molar-refractivity contribution in [1.82, 2.24) is 14.8 Å². The number of likely N-dealkylation sites (N-methyl/N-ethyl adjacent to an activating group) is 1. The SMILES string of the molecule is CC1=CN2C=C(C3=Cc4ccc(N5CCCN(C)CC5)nc4CCC3=O)C=CC=C2C=C1. The van der Waals surface area contributed by atoms with Crippen LogP contribution in [-0.2, 0) is 11.2 Å². The molecule has 32 heavy (non-hydrogen) atoms. The van der Waals surface area contributed by atoms with E-state index < -0.39 is 0 Å². The number of aromatic nitrogens is 1. The minimum atomic E-state index is 0.175. The molecule has 4 aliphatic rings. The molecular weight excluding hydrogens is 396 g/mol. The Labute approximate surface area is 190 Å². The fraction of sp³-hybridized carbons (Fsp3) is 0.333. The third kappa shape index (κ3) is 4.26. The summed E-state index contributed by atoms with van der Waals surface area (Å²) in [4.78, 5) is 25.0. The molecule has 1 fully saturated rings. The van der Waals surface area contributed by atoms with Crippen molar-refractivity contribution >= 4 is 17.7 Å². The summed E-state index contributed by atoms with van der Waals surface area (Å²) in [6.45, 7) is 6.28. The molecule has 0 saturated carbocycles. The van der Waals surface area contributed by atoms with Gasteiger partial charge in [0.05, 0.1) is 5.69 Å². The van der Waals surface area contributed by atoms with Crippen molar-refractivity contribution in [3.8, 4) is 0 Å². The number of hydrogen-bond acceptors (Lipinski definition) is 5. The molecule has 0 bridgehead atoms. The first-order valence-corrected chi connectivity index (χ1v) is 11.5. The average Bonchev–Trinajstić information content (AvgIpc) is 3.20. The van der Waals surface area contributed by atoms with Gasteiger partial charge in [-0.05, 0) is 74.9 Å². The smallest absolute Gasteiger partial charge is 0.163 e. The van der Waals surface area contributed by atoms with Crippen LogP contribution < -0.4 is 4.90 Å². The summed E-state index contributed by atoms with van der Waals surface area (Å²) in [7, 11) is 2.18. The molecule has 0 radical (unpaired) electrons. The van der Waals surface area contributed by atoms with E-state index in [9.17, 15) is 4.79 Å². The Kier molecular flexibility index (Phi) is 5.66. The summed E-state index contributed by atoms with van der Waals surface area (Å²) >= 11 is 0. The lowest BCUT2D eigenvalue weighted by molar-refractivity contribution is -0.115. The Balaban J connectivity index is 1.46. The van der Waals surface area contributed by atoms with Gasteiger partial charge >= 0.3 is 0 Å². The minimum Gasteiger partial charge on any atom is -0.355 e. The van der Waals surface area contributed by atoms with Crippen LogP contribution in [0.4, 0.5) is 5.82 Å². The quantitative estimate of drug-likeness (QED) is 0.708. The van der Waals surface area contributed by atoms with Gasteiger partial charge in [-0.25, -0.2) is 4.98 Å². The second-order valence-corrected chi connectivity index (χ2v) is 8.98. The van der Waals surface area contributed by atoms with E-state index in [1.165, 1.54) is 5.57 Å². The van der Waals surface area contributed by atoms with Crippen molar-refractivity contribution in [2.75, 3.05) is 38.1 Å². The van der Waals surface area contributed by atoms with Crippen molar-refractivity contribution in [2.24, 2.45) is 0 Å². The molecule has 1 aromatic rings. The van der Waals surface area contributed by atoms with Crippen molar-refractivity contribution in [2.45, 2.75) is 26.2 Å². The number of Topliss-reactive ketones (excluding diaryl/α,β-unsaturated/α-hetero) is 1. The normalized spacial score (nSPS) is 21.5. The van der Waals surface area contributed by atoms with Gasteiger partial charge in [-0.15, -0.1) is 0 Å². The van der Waals surface area contributed by atoms with Gasteiger partial charge in [0, 0.05) is 55.3 Å². The first-order chi connectivity index (χ1) is 15.6. The van der Waals surface area contributed by atoms with Crippen LogP contribution in [0.25, 0.3) is 6.08 Å². The average molecular weight is 427 g/mol. The summed E-state index contributed by atoms with van der Waals surface area (Å²) in [5.74, 6) is 1.21. The molecule has 3 aliphatic heterocycles. The maximum Gasteiger partial charge on any atom is 0.163 e. The fourth-order valence-corrected chi connectivity index (χ4v) is 4.63. The molecule has 4 heterocycles. The van der Waals surface area contributed by atoms with Crippen molar-refractivity contribution in [3.63, 3.8) is 0 Å². The Morgan fingerprint density at radius 2 is 1.88 bits per heavy atom. The highest BCUT2D eigenvalue weighted by Crippen LogP contribution is 2.30. The van der Waals surface area contributed by atoms with Gasteiger partial charge in [-0.2, -0.15) is 0 Å². The summed E-state index contributed by atoms with van der Waals surface area (Å²) in [5.41, 5.74) is 6.06. The van der Waals surface area contributed by atoms with E-state index in [1.54, 1.807) is 0 Å². The first-order valence-electron chi connectivity index (χ1n) is 11.5. The molecular formula is C27H30N4O. The largest absolute Gasteiger partial charge is 0.355 e. The lowest BCUT2D eigenvalue weighted by atomic mass is 9.99. The lowest BCUT2D eigenvalue weighted by Crippen LogP contribution is -2.29. The number of carbonyl (C=O) groups excluding carboxylic acids is 1. The molecule has 0 atom stereocenters. The summed E-state index contributed by atoms with van der Waals surface area (Å²) in [6, 6.07) is 4.26. The molecule has 0 aromatic carbocycles. The zero-order valence-electron chi connectivity index (χ0n) is 18.9. The van der Waals surface area contributed by atoms with Gasteiger partial charge in [-0.3, -0.25) is 4.79 Å². The molecule has 0 spiro atoms. The number of rotatable bonds is 2. The van der Waals surface area contributed by atoms with Gasteiger partial charge in [0.2, 0.25) is 0 Å². The summed E-state index contributed by atoms with van der Waals surface area (Å²) in [5, 5.41) is 0. The highest BCUT2D eigenvalue weighted by Gasteiger charge is 2.22. The molecule has 1 aliphatic carbocycles. The zero-order valence-corrected chi connectivity index (χ0v) is 18.9. The Morgan fingerprint density at radius 1 is 0.969 bits per heavy atom. The maximum absolute atomic E-state index is 13.1. The van der Waals surface area contributed by atoms with E-state index in [1.807, 2.05) is 18.2 Å². The predicted octanol–water partition coefficient (Wildman–Crippen LogP) is 4.24. The number of ketones is 1. The second-order valence-electron chi connectivity index (χ2n) is 8.98. The fourth-order valence-electron chi connectivity index (χ4n) is 4.63. The molecule has 1 saturated heterocycles. The predicted molar refractivity (Wildman–Crippen MR) is 130 cm³/mol. The number of hydrogen-bond donors (Lipinski definition) is 0. The molecule has 5 nitrogen and oxygen atoms in total. The monoisotopic (exact) mass is 426 g/mol. The van der Waals surface area contributed by atoms with Crippen molar-refractivity contribution < 1.29 is 4.79 Å². The van der Waals surface area contributed by atoms with Crippen molar-refractivity contribution in [1.29, 1.82) is 0 Å². The number of allylic oxidation sites excluding steroid dienone is 8. The highest BCUT2D eigenvalue weighted by atomic mass is 16.1. The second kappa shape index (κ2) is 8.75. The first kappa shape index (κ1) is 20.7. The van der Waals surface area contributed by atoms with Crippen LogP contribution in [0, 0.1) is 0 Å². The number of aryl methyl sites for hydroxylation is 1. The molecule has 5 heteroatoms. The highest BCUT2D eigenvalue weighted by molar-refractivity contribution is 6.05. The number of fused-ring (bicyclic) bond motifs is 2. The third-order valence-corrected chi connectivity index (χ3v) is 6.52. The number of pyridine rings is 1. The third-order valence-electron chi connectivity index (χ3n) is 6.52. The topological polar surface area (TPSA) is 39.7 Å². The Hall–Kier alpha value is -3.18. The van der Waals surface area contributed by atoms with Gasteiger partial charge in [0.25, 0.3) is 0 Å².